The number of hydrogen-bond donors (Lipinski definition) is 1. The van der Waals surface area contributed by atoms with Crippen LogP contribution >= 0.6 is 31.9 Å². The van der Waals surface area contributed by atoms with Crippen LogP contribution in [0.5, 0.6) is 11.6 Å². The van der Waals surface area contributed by atoms with E-state index in [-0.39, 0.29) is 0 Å². The minimum atomic E-state index is 0.347. The molecule has 3 aromatic rings. The second-order valence-electron chi connectivity index (χ2n) is 4.13. The van der Waals surface area contributed by atoms with E-state index in [9.17, 15) is 0 Å². The lowest BCUT2D eigenvalue weighted by Crippen LogP contribution is -1.96. The van der Waals surface area contributed by atoms with Crippen LogP contribution in [0.1, 0.15) is 0 Å². The molecule has 1 heterocycles. The van der Waals surface area contributed by atoms with Crippen molar-refractivity contribution < 1.29 is 4.74 Å². The van der Waals surface area contributed by atoms with Crippen LogP contribution in [0, 0.1) is 0 Å². The summed E-state index contributed by atoms with van der Waals surface area (Å²) >= 11 is 6.77. The van der Waals surface area contributed by atoms with Crippen molar-refractivity contribution in [2.45, 2.75) is 0 Å². The number of nitrogen functional groups attached to an aromatic ring is 1. The Kier molecular flexibility index (Phi) is 3.58. The zero-order chi connectivity index (χ0) is 14.1. The van der Waals surface area contributed by atoms with Crippen molar-refractivity contribution in [1.29, 1.82) is 0 Å². The summed E-state index contributed by atoms with van der Waals surface area (Å²) in [5, 5.41) is 2.22. The Morgan fingerprint density at radius 3 is 2.55 bits per heavy atom. The summed E-state index contributed by atoms with van der Waals surface area (Å²) in [6.45, 7) is 0. The SMILES string of the molecule is Nc1ncnc(Oc2ccc3cc(Br)ccc3c2)c1Br. The highest BCUT2D eigenvalue weighted by atomic mass is 79.9. The number of rotatable bonds is 2. The molecule has 1 aromatic heterocycles. The molecule has 0 unspecified atom stereocenters. The molecule has 0 aliphatic rings. The number of hydrogen-bond acceptors (Lipinski definition) is 4. The first-order valence-corrected chi connectivity index (χ1v) is 7.35. The molecule has 100 valence electrons. The van der Waals surface area contributed by atoms with Gasteiger partial charge >= 0.3 is 0 Å². The van der Waals surface area contributed by atoms with E-state index >= 15 is 0 Å². The zero-order valence-electron chi connectivity index (χ0n) is 10.2. The molecule has 0 amide bonds. The van der Waals surface area contributed by atoms with E-state index in [1.807, 2.05) is 30.3 Å². The van der Waals surface area contributed by atoms with E-state index in [0.29, 0.717) is 21.9 Å². The molecule has 0 saturated heterocycles. The molecule has 0 aliphatic heterocycles. The fourth-order valence-electron chi connectivity index (χ4n) is 1.81. The van der Waals surface area contributed by atoms with E-state index in [2.05, 4.69) is 47.9 Å². The highest BCUT2D eigenvalue weighted by Crippen LogP contribution is 2.32. The van der Waals surface area contributed by atoms with Gasteiger partial charge in [0, 0.05) is 4.47 Å². The third-order valence-electron chi connectivity index (χ3n) is 2.77. The molecule has 0 bridgehead atoms. The van der Waals surface area contributed by atoms with E-state index in [1.54, 1.807) is 0 Å². The van der Waals surface area contributed by atoms with Gasteiger partial charge in [-0.2, -0.15) is 0 Å². The Bertz CT molecular complexity index is 792. The van der Waals surface area contributed by atoms with Crippen LogP contribution in [-0.4, -0.2) is 9.97 Å². The zero-order valence-corrected chi connectivity index (χ0v) is 13.3. The lowest BCUT2D eigenvalue weighted by Gasteiger charge is -2.08. The van der Waals surface area contributed by atoms with Crippen molar-refractivity contribution in [2.24, 2.45) is 0 Å². The van der Waals surface area contributed by atoms with Gasteiger partial charge in [-0.15, -0.1) is 0 Å². The van der Waals surface area contributed by atoms with E-state index in [1.165, 1.54) is 6.33 Å². The largest absolute Gasteiger partial charge is 0.438 e. The molecular weight excluding hydrogens is 386 g/mol. The van der Waals surface area contributed by atoms with Gasteiger partial charge in [-0.05, 0) is 51.0 Å². The van der Waals surface area contributed by atoms with Crippen LogP contribution < -0.4 is 10.5 Å². The monoisotopic (exact) mass is 393 g/mol. The summed E-state index contributed by atoms with van der Waals surface area (Å²) in [5.41, 5.74) is 5.70. The number of nitrogens with two attached hydrogens (primary N) is 1. The van der Waals surface area contributed by atoms with Gasteiger partial charge in [0.25, 0.3) is 0 Å². The van der Waals surface area contributed by atoms with Crippen molar-refractivity contribution in [1.82, 2.24) is 9.97 Å². The Balaban J connectivity index is 1.99. The third kappa shape index (κ3) is 2.62. The van der Waals surface area contributed by atoms with Gasteiger partial charge in [0.15, 0.2) is 0 Å². The second kappa shape index (κ2) is 5.38. The number of benzene rings is 2. The van der Waals surface area contributed by atoms with Gasteiger partial charge in [-0.1, -0.05) is 28.1 Å². The molecule has 3 rings (SSSR count). The van der Waals surface area contributed by atoms with Gasteiger partial charge < -0.3 is 10.5 Å². The predicted molar refractivity (Wildman–Crippen MR) is 85.9 cm³/mol. The van der Waals surface area contributed by atoms with Gasteiger partial charge in [-0.25, -0.2) is 9.97 Å². The standard InChI is InChI=1S/C14H9Br2N3O/c15-10-3-1-9-6-11(4-2-8(9)5-10)20-14-12(16)13(17)18-7-19-14/h1-7H,(H2,17,18,19). The van der Waals surface area contributed by atoms with Crippen LogP contribution in [-0.2, 0) is 0 Å². The van der Waals surface area contributed by atoms with Gasteiger partial charge in [-0.3, -0.25) is 0 Å². The molecular formula is C14H9Br2N3O. The molecule has 2 aromatic carbocycles. The molecule has 0 spiro atoms. The summed E-state index contributed by atoms with van der Waals surface area (Å²) in [4.78, 5) is 7.94. The van der Waals surface area contributed by atoms with Crippen LogP contribution in [0.25, 0.3) is 10.8 Å². The van der Waals surface area contributed by atoms with E-state index in [4.69, 9.17) is 10.5 Å². The smallest absolute Gasteiger partial charge is 0.238 e. The average Bonchev–Trinajstić information content (AvgIpc) is 2.44. The Morgan fingerprint density at radius 1 is 0.950 bits per heavy atom. The first-order chi connectivity index (χ1) is 9.63. The van der Waals surface area contributed by atoms with Crippen molar-refractivity contribution in [3.8, 4) is 11.6 Å². The first-order valence-electron chi connectivity index (χ1n) is 5.76. The number of anilines is 1. The molecule has 4 nitrogen and oxygen atoms in total. The maximum Gasteiger partial charge on any atom is 0.238 e. The summed E-state index contributed by atoms with van der Waals surface area (Å²) in [6, 6.07) is 11.9. The molecule has 0 fully saturated rings. The van der Waals surface area contributed by atoms with Crippen LogP contribution in [0.2, 0.25) is 0 Å². The van der Waals surface area contributed by atoms with Crippen molar-refractivity contribution in [3.05, 3.63) is 51.7 Å². The fraction of sp³-hybridized carbons (Fsp3) is 0. The lowest BCUT2D eigenvalue weighted by atomic mass is 10.1. The molecule has 0 saturated carbocycles. The predicted octanol–water partition coefficient (Wildman–Crippen LogP) is 4.53. The summed E-state index contributed by atoms with van der Waals surface area (Å²) in [7, 11) is 0. The number of fused-ring (bicyclic) bond motifs is 1. The quantitative estimate of drug-likeness (QED) is 0.693. The minimum Gasteiger partial charge on any atom is -0.438 e. The minimum absolute atomic E-state index is 0.347. The molecule has 0 aliphatic carbocycles. The van der Waals surface area contributed by atoms with E-state index in [0.717, 1.165) is 15.2 Å². The molecule has 20 heavy (non-hydrogen) atoms. The Labute approximate surface area is 132 Å². The second-order valence-corrected chi connectivity index (χ2v) is 5.84. The normalized spacial score (nSPS) is 10.7. The maximum absolute atomic E-state index is 5.74. The number of ether oxygens (including phenoxy) is 1. The fourth-order valence-corrected chi connectivity index (χ4v) is 2.47. The van der Waals surface area contributed by atoms with Crippen LogP contribution in [0.3, 0.4) is 0 Å². The summed E-state index contributed by atoms with van der Waals surface area (Å²) in [6.07, 6.45) is 1.37. The average molecular weight is 395 g/mol. The number of aromatic nitrogens is 2. The lowest BCUT2D eigenvalue weighted by molar-refractivity contribution is 0.459. The highest BCUT2D eigenvalue weighted by molar-refractivity contribution is 9.11. The van der Waals surface area contributed by atoms with Crippen molar-refractivity contribution >= 4 is 48.5 Å². The third-order valence-corrected chi connectivity index (χ3v) is 4.01. The number of halogens is 2. The summed E-state index contributed by atoms with van der Waals surface area (Å²) in [5.74, 6) is 1.44. The first kappa shape index (κ1) is 13.3. The van der Waals surface area contributed by atoms with Gasteiger partial charge in [0.05, 0.1) is 0 Å². The maximum atomic E-state index is 5.74. The van der Waals surface area contributed by atoms with Crippen LogP contribution in [0.15, 0.2) is 51.7 Å². The molecule has 6 heteroatoms. The number of nitrogens with zero attached hydrogens (tertiary/aromatic N) is 2. The Morgan fingerprint density at radius 2 is 1.70 bits per heavy atom. The molecule has 0 atom stereocenters. The van der Waals surface area contributed by atoms with Gasteiger partial charge in [0.1, 0.15) is 22.4 Å². The highest BCUT2D eigenvalue weighted by Gasteiger charge is 2.08. The molecule has 2 N–H and O–H groups in total. The van der Waals surface area contributed by atoms with Crippen LogP contribution in [0.4, 0.5) is 5.82 Å². The van der Waals surface area contributed by atoms with E-state index < -0.39 is 0 Å². The van der Waals surface area contributed by atoms with Crippen molar-refractivity contribution in [3.63, 3.8) is 0 Å². The van der Waals surface area contributed by atoms with Gasteiger partial charge in [0.2, 0.25) is 5.88 Å². The summed E-state index contributed by atoms with van der Waals surface area (Å²) < 4.78 is 7.34. The molecule has 0 radical (unpaired) electrons. The van der Waals surface area contributed by atoms with Crippen molar-refractivity contribution in [2.75, 3.05) is 5.73 Å². The topological polar surface area (TPSA) is 61.0 Å². The Hall–Kier alpha value is -1.66.